The average Bonchev–Trinajstić information content (AvgIpc) is 2.79. The van der Waals surface area contributed by atoms with E-state index >= 15 is 0 Å². The van der Waals surface area contributed by atoms with Gasteiger partial charge in [0.15, 0.2) is 0 Å². The van der Waals surface area contributed by atoms with Crippen LogP contribution < -0.4 is 0 Å². The molecule has 161 valence electrons. The van der Waals surface area contributed by atoms with Gasteiger partial charge in [0, 0.05) is 10.8 Å². The van der Waals surface area contributed by atoms with Crippen LogP contribution in [0.4, 0.5) is 0 Å². The summed E-state index contributed by atoms with van der Waals surface area (Å²) in [5, 5.41) is 4.29. The monoisotopic (exact) mass is 472 g/mol. The molecule has 5 rings (SSSR count). The predicted molar refractivity (Wildman–Crippen MR) is 133 cm³/mol. The fourth-order valence-corrected chi connectivity index (χ4v) is 4.02. The minimum atomic E-state index is 0. The smallest absolute Gasteiger partial charge is 0.251 e. The first-order valence-corrected chi connectivity index (χ1v) is 10.8. The number of hydrogen-bond acceptors (Lipinski definition) is 4. The van der Waals surface area contributed by atoms with E-state index in [1.54, 1.807) is 0 Å². The quantitative estimate of drug-likeness (QED) is 0.233. The molecule has 0 aliphatic heterocycles. The molecule has 0 N–H and O–H groups in total. The molecule has 0 bridgehead atoms. The van der Waals surface area contributed by atoms with Crippen LogP contribution in [0.25, 0.3) is 43.6 Å². The number of benzene rings is 4. The van der Waals surface area contributed by atoms with E-state index in [9.17, 15) is 0 Å². The second kappa shape index (κ2) is 9.22. The average molecular weight is 472 g/mol. The van der Waals surface area contributed by atoms with E-state index in [0.29, 0.717) is 0 Å². The SMILES string of the molecule is Cc1nc2cccc3cccc(nc(C)c(C)nc4cccc5cccc(nc1C)c54)c32.[Fe+3]. The maximum absolute atomic E-state index is 4.98. The molecule has 0 spiro atoms. The number of rotatable bonds is 0. The molecule has 0 saturated heterocycles. The molecular weight excluding hydrogens is 448 g/mol. The van der Waals surface area contributed by atoms with Gasteiger partial charge in [0.05, 0.1) is 44.8 Å². The van der Waals surface area contributed by atoms with E-state index in [-0.39, 0.29) is 17.1 Å². The summed E-state index contributed by atoms with van der Waals surface area (Å²) in [6.07, 6.45) is 0. The Morgan fingerprint density at radius 2 is 0.636 bits per heavy atom. The summed E-state index contributed by atoms with van der Waals surface area (Å²) in [6.45, 7) is 8.04. The van der Waals surface area contributed by atoms with Gasteiger partial charge < -0.3 is 0 Å². The molecule has 1 heterocycles. The maximum Gasteiger partial charge on any atom is 3.00 e. The van der Waals surface area contributed by atoms with Crippen LogP contribution in [0.15, 0.2) is 72.8 Å². The van der Waals surface area contributed by atoms with Crippen LogP contribution >= 0.6 is 0 Å². The fourth-order valence-electron chi connectivity index (χ4n) is 4.02. The summed E-state index contributed by atoms with van der Waals surface area (Å²) in [6, 6.07) is 24.7. The van der Waals surface area contributed by atoms with Gasteiger partial charge in [-0.05, 0) is 62.7 Å². The van der Waals surface area contributed by atoms with Gasteiger partial charge in [-0.3, -0.25) is 19.9 Å². The summed E-state index contributed by atoms with van der Waals surface area (Å²) < 4.78 is 0. The van der Waals surface area contributed by atoms with E-state index in [1.165, 1.54) is 0 Å². The summed E-state index contributed by atoms with van der Waals surface area (Å²) in [5.41, 5.74) is 7.08. The van der Waals surface area contributed by atoms with Crippen LogP contribution in [0.5, 0.6) is 0 Å². The molecule has 33 heavy (non-hydrogen) atoms. The van der Waals surface area contributed by atoms with Gasteiger partial charge in [0.2, 0.25) is 0 Å². The molecule has 0 amide bonds. The second-order valence-electron chi connectivity index (χ2n) is 8.09. The summed E-state index contributed by atoms with van der Waals surface area (Å²) in [7, 11) is 0. The zero-order valence-electron chi connectivity index (χ0n) is 19.1. The molecule has 0 fully saturated rings. The van der Waals surface area contributed by atoms with Crippen molar-refractivity contribution in [3.8, 4) is 0 Å². The van der Waals surface area contributed by atoms with E-state index in [2.05, 4.69) is 24.3 Å². The number of aryl methyl sites for hydroxylation is 4. The molecule has 0 aliphatic rings. The molecule has 4 nitrogen and oxygen atoms in total. The van der Waals surface area contributed by atoms with E-state index in [4.69, 9.17) is 19.9 Å². The molecule has 0 unspecified atom stereocenters. The van der Waals surface area contributed by atoms with Gasteiger partial charge >= 0.3 is 17.1 Å². The molecule has 0 aliphatic carbocycles. The van der Waals surface area contributed by atoms with Gasteiger partial charge in [-0.15, -0.1) is 0 Å². The van der Waals surface area contributed by atoms with Crippen LogP contribution in [-0.2, 0) is 17.1 Å². The van der Waals surface area contributed by atoms with Crippen LogP contribution in [-0.4, -0.2) is 19.9 Å². The van der Waals surface area contributed by atoms with E-state index in [1.807, 2.05) is 76.2 Å². The first kappa shape index (κ1) is 22.8. The molecular formula is C28H24FeN4+3. The normalized spacial score (nSPS) is 10.8. The molecule has 0 atom stereocenters. The Hall–Kier alpha value is -3.40. The van der Waals surface area contributed by atoms with E-state index in [0.717, 1.165) is 66.4 Å². The Kier molecular flexibility index (Phi) is 6.37. The standard InChI is InChI=1S/C28H24N4.Fe/c1-17-18(2)30-24-14-6-11-22-12-8-16-26(28(22)24)32-20(4)19(3)31-25-15-7-10-21-9-5-13-23(29-17)27(21)25;/h5-16H,1-4H3;/q;+3. The van der Waals surface area contributed by atoms with E-state index < -0.39 is 0 Å². The number of hydrogen-bond donors (Lipinski definition) is 0. The van der Waals surface area contributed by atoms with Crippen molar-refractivity contribution in [1.82, 2.24) is 19.9 Å². The van der Waals surface area contributed by atoms with Crippen molar-refractivity contribution < 1.29 is 17.1 Å². The molecule has 1 aromatic heterocycles. The Morgan fingerprint density at radius 1 is 0.394 bits per heavy atom. The van der Waals surface area contributed by atoms with Crippen molar-refractivity contribution in [1.29, 1.82) is 0 Å². The third kappa shape index (κ3) is 4.30. The van der Waals surface area contributed by atoms with Crippen molar-refractivity contribution in [2.24, 2.45) is 0 Å². The number of aromatic nitrogens is 4. The maximum atomic E-state index is 4.98. The summed E-state index contributed by atoms with van der Waals surface area (Å²) in [5.74, 6) is 0. The first-order chi connectivity index (χ1) is 15.5. The molecule has 5 aromatic rings. The van der Waals surface area contributed by atoms with Crippen molar-refractivity contribution in [2.75, 3.05) is 0 Å². The Bertz CT molecular complexity index is 1390. The topological polar surface area (TPSA) is 51.6 Å². The Balaban J connectivity index is 0.00000259. The van der Waals surface area contributed by atoms with Crippen LogP contribution in [0.3, 0.4) is 0 Å². The molecule has 5 heteroatoms. The van der Waals surface area contributed by atoms with Crippen LogP contribution in [0, 0.1) is 27.7 Å². The molecule has 4 aromatic carbocycles. The van der Waals surface area contributed by atoms with Crippen molar-refractivity contribution in [3.63, 3.8) is 0 Å². The van der Waals surface area contributed by atoms with Crippen molar-refractivity contribution in [2.45, 2.75) is 27.7 Å². The third-order valence-electron chi connectivity index (χ3n) is 5.92. The van der Waals surface area contributed by atoms with Gasteiger partial charge in [-0.25, -0.2) is 0 Å². The zero-order chi connectivity index (χ0) is 22.2. The zero-order valence-corrected chi connectivity index (χ0v) is 20.2. The molecule has 0 saturated carbocycles. The van der Waals surface area contributed by atoms with Crippen molar-refractivity contribution in [3.05, 3.63) is 95.6 Å². The van der Waals surface area contributed by atoms with Gasteiger partial charge in [-0.1, -0.05) is 48.5 Å². The predicted octanol–water partition coefficient (Wildman–Crippen LogP) is 6.80. The molecule has 1 radical (unpaired) electrons. The Labute approximate surface area is 203 Å². The fraction of sp³-hybridized carbons (Fsp3) is 0.143. The van der Waals surface area contributed by atoms with Gasteiger partial charge in [0.1, 0.15) is 0 Å². The number of nitrogens with zero attached hydrogens (tertiary/aromatic N) is 4. The largest absolute Gasteiger partial charge is 3.00 e. The second-order valence-corrected chi connectivity index (χ2v) is 8.09. The first-order valence-electron chi connectivity index (χ1n) is 10.8. The Morgan fingerprint density at radius 3 is 0.879 bits per heavy atom. The summed E-state index contributed by atoms with van der Waals surface area (Å²) in [4.78, 5) is 19.9. The minimum Gasteiger partial charge on any atom is -0.251 e. The summed E-state index contributed by atoms with van der Waals surface area (Å²) >= 11 is 0. The van der Waals surface area contributed by atoms with Gasteiger partial charge in [0.25, 0.3) is 0 Å². The van der Waals surface area contributed by atoms with Crippen LogP contribution in [0.2, 0.25) is 0 Å². The van der Waals surface area contributed by atoms with Crippen LogP contribution in [0.1, 0.15) is 22.8 Å². The van der Waals surface area contributed by atoms with Gasteiger partial charge in [-0.2, -0.15) is 0 Å². The third-order valence-corrected chi connectivity index (χ3v) is 5.92. The van der Waals surface area contributed by atoms with Crippen molar-refractivity contribution >= 4 is 43.6 Å². The minimum absolute atomic E-state index is 0.